The van der Waals surface area contributed by atoms with E-state index in [-0.39, 0.29) is 6.04 Å². The zero-order chi connectivity index (χ0) is 26.8. The predicted molar refractivity (Wildman–Crippen MR) is 163 cm³/mol. The molecule has 3 nitrogen and oxygen atoms in total. The summed E-state index contributed by atoms with van der Waals surface area (Å²) in [5.41, 5.74) is 8.56. The minimum atomic E-state index is 0.255. The van der Waals surface area contributed by atoms with Gasteiger partial charge in [0.25, 0.3) is 0 Å². The van der Waals surface area contributed by atoms with Crippen LogP contribution < -0.4 is 0 Å². The SMILES string of the molecule is C=C(C)c1ccccc1/N=C(\Cc1ccccc1CC)C(C)N1CCN(C(=C)CCCCCC)C(C)C1. The molecule has 1 saturated heterocycles. The van der Waals surface area contributed by atoms with Gasteiger partial charge in [0, 0.05) is 55.1 Å². The van der Waals surface area contributed by atoms with Crippen molar-refractivity contribution >= 4 is 17.0 Å². The lowest BCUT2D eigenvalue weighted by Crippen LogP contribution is -2.55. The van der Waals surface area contributed by atoms with Crippen LogP contribution in [0.4, 0.5) is 5.69 Å². The Bertz CT molecular complexity index is 1070. The number of hydrogen-bond donors (Lipinski definition) is 0. The maximum atomic E-state index is 5.35. The number of aryl methyl sites for hydroxylation is 1. The van der Waals surface area contributed by atoms with Crippen molar-refractivity contribution in [1.82, 2.24) is 9.80 Å². The summed E-state index contributed by atoms with van der Waals surface area (Å²) in [4.78, 5) is 10.5. The van der Waals surface area contributed by atoms with Crippen LogP contribution in [0, 0.1) is 0 Å². The molecule has 0 bridgehead atoms. The first-order valence-electron chi connectivity index (χ1n) is 14.4. The fraction of sp³-hybridized carbons (Fsp3) is 0.500. The second-order valence-electron chi connectivity index (χ2n) is 10.8. The lowest BCUT2D eigenvalue weighted by Gasteiger charge is -2.44. The van der Waals surface area contributed by atoms with Gasteiger partial charge in [-0.3, -0.25) is 9.89 Å². The molecule has 0 N–H and O–H groups in total. The van der Waals surface area contributed by atoms with E-state index in [1.807, 2.05) is 0 Å². The van der Waals surface area contributed by atoms with Crippen LogP contribution in [0.15, 0.2) is 72.4 Å². The maximum Gasteiger partial charge on any atom is 0.0704 e. The Labute approximate surface area is 227 Å². The molecule has 1 aliphatic heterocycles. The van der Waals surface area contributed by atoms with Gasteiger partial charge in [-0.25, -0.2) is 0 Å². The number of allylic oxidation sites excluding steroid dienone is 2. The molecule has 2 unspecified atom stereocenters. The van der Waals surface area contributed by atoms with Crippen LogP contribution in [0.25, 0.3) is 5.57 Å². The number of nitrogens with zero attached hydrogens (tertiary/aromatic N) is 3. The monoisotopic (exact) mass is 499 g/mol. The van der Waals surface area contributed by atoms with Crippen molar-refractivity contribution in [1.29, 1.82) is 0 Å². The van der Waals surface area contributed by atoms with Crippen molar-refractivity contribution < 1.29 is 0 Å². The lowest BCUT2D eigenvalue weighted by atomic mass is 9.96. The Kier molecular flexibility index (Phi) is 11.2. The van der Waals surface area contributed by atoms with E-state index in [9.17, 15) is 0 Å². The molecule has 3 heteroatoms. The summed E-state index contributed by atoms with van der Waals surface area (Å²) in [5.74, 6) is 0. The molecular formula is C34H49N3. The van der Waals surface area contributed by atoms with Gasteiger partial charge in [-0.15, -0.1) is 0 Å². The number of para-hydroxylation sites is 1. The van der Waals surface area contributed by atoms with Crippen molar-refractivity contribution in [2.75, 3.05) is 19.6 Å². The standard InChI is InChI=1S/C34H49N3/c1-8-10-11-12-17-27(5)37-23-22-36(25-28(37)6)29(7)34(24-31-19-14-13-18-30(31)9-2)35-33-21-16-15-20-32(33)26(3)4/h13-16,18-21,28-29H,3,5,8-12,17,22-25H2,1-2,4,6-7H3/b35-34+. The van der Waals surface area contributed by atoms with Crippen LogP contribution in [0.1, 0.15) is 83.4 Å². The van der Waals surface area contributed by atoms with E-state index in [0.29, 0.717) is 6.04 Å². The van der Waals surface area contributed by atoms with E-state index in [1.165, 1.54) is 48.2 Å². The Morgan fingerprint density at radius 2 is 1.68 bits per heavy atom. The zero-order valence-corrected chi connectivity index (χ0v) is 24.1. The average Bonchev–Trinajstić information content (AvgIpc) is 2.90. The van der Waals surface area contributed by atoms with Gasteiger partial charge >= 0.3 is 0 Å². The van der Waals surface area contributed by atoms with Gasteiger partial charge < -0.3 is 4.90 Å². The fourth-order valence-corrected chi connectivity index (χ4v) is 5.55. The van der Waals surface area contributed by atoms with Crippen molar-refractivity contribution in [3.63, 3.8) is 0 Å². The molecule has 0 spiro atoms. The number of benzene rings is 2. The highest BCUT2D eigenvalue weighted by Gasteiger charge is 2.29. The number of piperazine rings is 1. The summed E-state index contributed by atoms with van der Waals surface area (Å²) in [7, 11) is 0. The Morgan fingerprint density at radius 1 is 0.973 bits per heavy atom. The summed E-state index contributed by atoms with van der Waals surface area (Å²) >= 11 is 0. The highest BCUT2D eigenvalue weighted by molar-refractivity contribution is 5.94. The Hall–Kier alpha value is -2.65. The molecule has 2 aromatic carbocycles. The second kappa shape index (κ2) is 14.3. The number of hydrogen-bond acceptors (Lipinski definition) is 3. The highest BCUT2D eigenvalue weighted by Crippen LogP contribution is 2.28. The maximum absolute atomic E-state index is 5.35. The summed E-state index contributed by atoms with van der Waals surface area (Å²) < 4.78 is 0. The Morgan fingerprint density at radius 3 is 2.35 bits per heavy atom. The van der Waals surface area contributed by atoms with Gasteiger partial charge in [0.1, 0.15) is 0 Å². The molecule has 37 heavy (non-hydrogen) atoms. The van der Waals surface area contributed by atoms with Gasteiger partial charge in [-0.05, 0) is 62.8 Å². The van der Waals surface area contributed by atoms with E-state index < -0.39 is 0 Å². The van der Waals surface area contributed by atoms with Crippen molar-refractivity contribution in [2.24, 2.45) is 4.99 Å². The van der Waals surface area contributed by atoms with Crippen LogP contribution in [0.2, 0.25) is 0 Å². The molecule has 3 rings (SSSR count). The predicted octanol–water partition coefficient (Wildman–Crippen LogP) is 8.48. The van der Waals surface area contributed by atoms with Crippen LogP contribution in [-0.2, 0) is 12.8 Å². The third kappa shape index (κ3) is 7.92. The molecule has 1 aliphatic rings. The molecule has 0 aromatic heterocycles. The normalized spacial score (nSPS) is 17.6. The average molecular weight is 500 g/mol. The topological polar surface area (TPSA) is 18.8 Å². The molecule has 0 radical (unpaired) electrons. The molecule has 2 aromatic rings. The van der Waals surface area contributed by atoms with Crippen molar-refractivity contribution in [3.05, 3.63) is 84.1 Å². The number of rotatable bonds is 13. The van der Waals surface area contributed by atoms with Crippen LogP contribution in [0.5, 0.6) is 0 Å². The molecule has 2 atom stereocenters. The quantitative estimate of drug-likeness (QED) is 0.203. The summed E-state index contributed by atoms with van der Waals surface area (Å²) in [6, 6.07) is 18.0. The van der Waals surface area contributed by atoms with Crippen LogP contribution in [0.3, 0.4) is 0 Å². The largest absolute Gasteiger partial charge is 0.370 e. The highest BCUT2D eigenvalue weighted by atomic mass is 15.3. The second-order valence-corrected chi connectivity index (χ2v) is 10.8. The van der Waals surface area contributed by atoms with Gasteiger partial charge in [0.15, 0.2) is 0 Å². The third-order valence-electron chi connectivity index (χ3n) is 7.91. The Balaban J connectivity index is 1.82. The zero-order valence-electron chi connectivity index (χ0n) is 24.1. The minimum Gasteiger partial charge on any atom is -0.370 e. The summed E-state index contributed by atoms with van der Waals surface area (Å²) in [5, 5.41) is 0. The summed E-state index contributed by atoms with van der Waals surface area (Å²) in [6.07, 6.45) is 8.20. The van der Waals surface area contributed by atoms with Crippen LogP contribution >= 0.6 is 0 Å². The van der Waals surface area contributed by atoms with Crippen molar-refractivity contribution in [3.8, 4) is 0 Å². The first kappa shape index (κ1) is 28.9. The van der Waals surface area contributed by atoms with E-state index in [2.05, 4.69) is 106 Å². The summed E-state index contributed by atoms with van der Waals surface area (Å²) in [6.45, 7) is 23.1. The third-order valence-corrected chi connectivity index (χ3v) is 7.91. The number of unbranched alkanes of at least 4 members (excludes halogenated alkanes) is 3. The minimum absolute atomic E-state index is 0.255. The van der Waals surface area contributed by atoms with Gasteiger partial charge in [0.2, 0.25) is 0 Å². The molecule has 1 fully saturated rings. The van der Waals surface area contributed by atoms with E-state index >= 15 is 0 Å². The molecule has 0 saturated carbocycles. The first-order chi connectivity index (χ1) is 17.8. The molecule has 0 aliphatic carbocycles. The molecule has 200 valence electrons. The lowest BCUT2D eigenvalue weighted by molar-refractivity contribution is 0.0979. The van der Waals surface area contributed by atoms with Gasteiger partial charge in [-0.2, -0.15) is 0 Å². The van der Waals surface area contributed by atoms with E-state index in [0.717, 1.165) is 55.7 Å². The van der Waals surface area contributed by atoms with Crippen LogP contribution in [-0.4, -0.2) is 47.2 Å². The smallest absolute Gasteiger partial charge is 0.0704 e. The molecule has 1 heterocycles. The van der Waals surface area contributed by atoms with Gasteiger partial charge in [0.05, 0.1) is 5.69 Å². The fourth-order valence-electron chi connectivity index (χ4n) is 5.55. The van der Waals surface area contributed by atoms with E-state index in [4.69, 9.17) is 4.99 Å². The van der Waals surface area contributed by atoms with E-state index in [1.54, 1.807) is 0 Å². The van der Waals surface area contributed by atoms with Gasteiger partial charge in [-0.1, -0.05) is 88.7 Å². The molecule has 0 amide bonds. The first-order valence-corrected chi connectivity index (χ1v) is 14.4. The molecular weight excluding hydrogens is 450 g/mol. The number of aliphatic imine (C=N–C) groups is 1. The van der Waals surface area contributed by atoms with Crippen molar-refractivity contribution in [2.45, 2.75) is 91.6 Å².